The van der Waals surface area contributed by atoms with E-state index in [0.29, 0.717) is 0 Å². The molecule has 0 aromatic heterocycles. The van der Waals surface area contributed by atoms with Crippen molar-refractivity contribution >= 4 is 23.6 Å². The molecule has 0 N–H and O–H groups in total. The van der Waals surface area contributed by atoms with Gasteiger partial charge in [0.25, 0.3) is 0 Å². The van der Waals surface area contributed by atoms with Gasteiger partial charge in [0.1, 0.15) is 13.2 Å². The van der Waals surface area contributed by atoms with Crippen LogP contribution in [0.25, 0.3) is 0 Å². The molecule has 2 rings (SSSR count). The monoisotopic (exact) mass is 384 g/mol. The molecular formula is C20H24N4O4. The zero-order valence-corrected chi connectivity index (χ0v) is 16.5. The smallest absolute Gasteiger partial charge is 0.442 e. The molecule has 0 fully saturated rings. The number of anilines is 2. The molecule has 0 bridgehead atoms. The Labute approximate surface area is 164 Å². The van der Waals surface area contributed by atoms with Crippen molar-refractivity contribution in [1.29, 1.82) is 0 Å². The van der Waals surface area contributed by atoms with Crippen molar-refractivity contribution in [2.75, 3.05) is 38.0 Å². The highest BCUT2D eigenvalue weighted by atomic mass is 16.6. The van der Waals surface area contributed by atoms with Crippen LogP contribution in [0.3, 0.4) is 0 Å². The van der Waals surface area contributed by atoms with Gasteiger partial charge in [-0.05, 0) is 35.4 Å². The van der Waals surface area contributed by atoms with Crippen molar-refractivity contribution in [2.45, 2.75) is 13.2 Å². The lowest BCUT2D eigenvalue weighted by Crippen LogP contribution is -2.08. The number of amides is 2. The summed E-state index contributed by atoms with van der Waals surface area (Å²) in [5.74, 6) is 0. The molecule has 0 spiro atoms. The molecule has 8 heteroatoms. The molecule has 0 aliphatic heterocycles. The topological polar surface area (TPSA) is 83.8 Å². The highest BCUT2D eigenvalue weighted by molar-refractivity contribution is 5.73. The maximum Gasteiger partial charge on any atom is 0.452 e. The summed E-state index contributed by atoms with van der Waals surface area (Å²) in [6, 6.07) is 15.0. The summed E-state index contributed by atoms with van der Waals surface area (Å²) in [6.45, 7) is 0.0810. The first-order chi connectivity index (χ1) is 13.3. The Hall–Kier alpha value is -3.42. The summed E-state index contributed by atoms with van der Waals surface area (Å²) >= 11 is 0. The van der Waals surface area contributed by atoms with Gasteiger partial charge in [0.2, 0.25) is 0 Å². The number of nitrogens with zero attached hydrogens (tertiary/aromatic N) is 4. The molecule has 148 valence electrons. The summed E-state index contributed by atoms with van der Waals surface area (Å²) in [5.41, 5.74) is 3.68. The Morgan fingerprint density at radius 2 is 1.00 bits per heavy atom. The zero-order valence-electron chi connectivity index (χ0n) is 16.5. The van der Waals surface area contributed by atoms with Gasteiger partial charge in [0, 0.05) is 39.6 Å². The van der Waals surface area contributed by atoms with Crippen LogP contribution in [0.4, 0.5) is 21.0 Å². The first-order valence-electron chi connectivity index (χ1n) is 8.63. The summed E-state index contributed by atoms with van der Waals surface area (Å²) in [6.07, 6.45) is -1.91. The molecule has 0 aliphatic rings. The Bertz CT molecular complexity index is 746. The first kappa shape index (κ1) is 20.9. The second-order valence-corrected chi connectivity index (χ2v) is 6.43. The molecular weight excluding hydrogens is 360 g/mol. The first-order valence-corrected chi connectivity index (χ1v) is 8.63. The van der Waals surface area contributed by atoms with E-state index >= 15 is 0 Å². The Morgan fingerprint density at radius 3 is 1.29 bits per heavy atom. The van der Waals surface area contributed by atoms with Crippen LogP contribution in [0.5, 0.6) is 0 Å². The molecule has 8 nitrogen and oxygen atoms in total. The SMILES string of the molecule is CN(C)c1ccc(COC(=O)N=NC(=O)OCc2ccc(N(C)C)cc2)cc1. The van der Waals surface area contributed by atoms with Crippen LogP contribution in [0.1, 0.15) is 11.1 Å². The maximum atomic E-state index is 11.6. The largest absolute Gasteiger partial charge is 0.452 e. The Kier molecular flexibility index (Phi) is 7.50. The molecule has 2 aromatic carbocycles. The number of ether oxygens (including phenoxy) is 2. The molecule has 0 aliphatic carbocycles. The number of carbonyl (C=O) groups excluding carboxylic acids is 2. The van der Waals surface area contributed by atoms with Crippen molar-refractivity contribution in [1.82, 2.24) is 0 Å². The number of hydrogen-bond donors (Lipinski definition) is 0. The lowest BCUT2D eigenvalue weighted by Gasteiger charge is -2.12. The van der Waals surface area contributed by atoms with E-state index < -0.39 is 12.2 Å². The van der Waals surface area contributed by atoms with Gasteiger partial charge in [-0.2, -0.15) is 0 Å². The molecule has 0 saturated heterocycles. The van der Waals surface area contributed by atoms with E-state index in [-0.39, 0.29) is 13.2 Å². The van der Waals surface area contributed by atoms with E-state index in [4.69, 9.17) is 9.47 Å². The molecule has 0 atom stereocenters. The predicted octanol–water partition coefficient (Wildman–Crippen LogP) is 4.24. The van der Waals surface area contributed by atoms with Gasteiger partial charge < -0.3 is 19.3 Å². The van der Waals surface area contributed by atoms with Crippen LogP contribution in [0.2, 0.25) is 0 Å². The average molecular weight is 384 g/mol. The highest BCUT2D eigenvalue weighted by Crippen LogP contribution is 2.14. The zero-order chi connectivity index (χ0) is 20.5. The van der Waals surface area contributed by atoms with Gasteiger partial charge in [-0.1, -0.05) is 34.5 Å². The van der Waals surface area contributed by atoms with Crippen molar-refractivity contribution in [3.8, 4) is 0 Å². The Balaban J connectivity index is 1.74. The van der Waals surface area contributed by atoms with Crippen LogP contribution in [0, 0.1) is 0 Å². The number of carbonyl (C=O) groups is 2. The second kappa shape index (κ2) is 10.1. The fourth-order valence-electron chi connectivity index (χ4n) is 2.21. The van der Waals surface area contributed by atoms with Crippen LogP contribution in [-0.4, -0.2) is 40.4 Å². The molecule has 0 heterocycles. The van der Waals surface area contributed by atoms with Crippen LogP contribution in [-0.2, 0) is 22.7 Å². The predicted molar refractivity (Wildman–Crippen MR) is 107 cm³/mol. The fourth-order valence-corrected chi connectivity index (χ4v) is 2.21. The van der Waals surface area contributed by atoms with Crippen molar-refractivity contribution < 1.29 is 19.1 Å². The van der Waals surface area contributed by atoms with E-state index in [2.05, 4.69) is 10.2 Å². The summed E-state index contributed by atoms with van der Waals surface area (Å²) in [7, 11) is 7.75. The number of benzene rings is 2. The molecule has 2 aromatic rings. The number of azo groups is 1. The average Bonchev–Trinajstić information content (AvgIpc) is 2.69. The van der Waals surface area contributed by atoms with Gasteiger partial charge in [0.15, 0.2) is 0 Å². The highest BCUT2D eigenvalue weighted by Gasteiger charge is 2.06. The molecule has 0 unspecified atom stereocenters. The van der Waals surface area contributed by atoms with Gasteiger partial charge in [-0.3, -0.25) is 0 Å². The van der Waals surface area contributed by atoms with Gasteiger partial charge in [0.05, 0.1) is 0 Å². The van der Waals surface area contributed by atoms with Crippen LogP contribution >= 0.6 is 0 Å². The summed E-state index contributed by atoms with van der Waals surface area (Å²) in [4.78, 5) is 27.1. The minimum absolute atomic E-state index is 0.0405. The van der Waals surface area contributed by atoms with Crippen molar-refractivity contribution in [3.05, 3.63) is 59.7 Å². The van der Waals surface area contributed by atoms with Crippen molar-refractivity contribution in [2.24, 2.45) is 10.2 Å². The normalized spacial score (nSPS) is 10.6. The van der Waals surface area contributed by atoms with E-state index in [0.717, 1.165) is 22.5 Å². The standard InChI is InChI=1S/C20H24N4O4/c1-23(2)17-9-5-15(6-10-17)13-27-19(25)21-22-20(26)28-14-16-7-11-18(12-8-16)24(3)4/h5-12H,13-14H2,1-4H3. The fraction of sp³-hybridized carbons (Fsp3) is 0.300. The van der Waals surface area contributed by atoms with Crippen LogP contribution < -0.4 is 9.80 Å². The lowest BCUT2D eigenvalue weighted by molar-refractivity contribution is 0.139. The summed E-state index contributed by atoms with van der Waals surface area (Å²) < 4.78 is 9.90. The van der Waals surface area contributed by atoms with Gasteiger partial charge in [-0.25, -0.2) is 9.59 Å². The van der Waals surface area contributed by atoms with E-state index in [1.54, 1.807) is 0 Å². The second-order valence-electron chi connectivity index (χ2n) is 6.43. The van der Waals surface area contributed by atoms with E-state index in [1.807, 2.05) is 86.5 Å². The van der Waals surface area contributed by atoms with E-state index in [9.17, 15) is 9.59 Å². The minimum Gasteiger partial charge on any atom is -0.442 e. The third-order valence-corrected chi connectivity index (χ3v) is 3.84. The van der Waals surface area contributed by atoms with Crippen LogP contribution in [0.15, 0.2) is 58.8 Å². The van der Waals surface area contributed by atoms with Gasteiger partial charge >= 0.3 is 12.2 Å². The Morgan fingerprint density at radius 1 is 0.679 bits per heavy atom. The minimum atomic E-state index is -0.955. The quantitative estimate of drug-likeness (QED) is 0.693. The number of rotatable bonds is 6. The van der Waals surface area contributed by atoms with Crippen molar-refractivity contribution in [3.63, 3.8) is 0 Å². The molecule has 0 radical (unpaired) electrons. The number of hydrogen-bond acceptors (Lipinski definition) is 6. The molecule has 2 amide bonds. The molecule has 0 saturated carbocycles. The third kappa shape index (κ3) is 6.71. The lowest BCUT2D eigenvalue weighted by atomic mass is 10.2. The summed E-state index contributed by atoms with van der Waals surface area (Å²) in [5, 5.41) is 6.42. The maximum absolute atomic E-state index is 11.6. The third-order valence-electron chi connectivity index (χ3n) is 3.84. The van der Waals surface area contributed by atoms with Gasteiger partial charge in [-0.15, -0.1) is 0 Å². The van der Waals surface area contributed by atoms with E-state index in [1.165, 1.54) is 0 Å². The molecule has 28 heavy (non-hydrogen) atoms.